The van der Waals surface area contributed by atoms with Gasteiger partial charge in [0.1, 0.15) is 5.82 Å². The zero-order valence-electron chi connectivity index (χ0n) is 12.2. The fourth-order valence-corrected chi connectivity index (χ4v) is 3.72. The molecule has 1 atom stereocenters. The van der Waals surface area contributed by atoms with E-state index >= 15 is 0 Å². The molecule has 1 fully saturated rings. The number of aliphatic hydroxyl groups excluding tert-OH is 1. The van der Waals surface area contributed by atoms with E-state index < -0.39 is 6.10 Å². The second-order valence-corrected chi connectivity index (χ2v) is 6.57. The van der Waals surface area contributed by atoms with Crippen LogP contribution in [0, 0.1) is 24.1 Å². The van der Waals surface area contributed by atoms with Gasteiger partial charge in [0.15, 0.2) is 0 Å². The number of benzene rings is 1. The molecule has 0 aromatic heterocycles. The second-order valence-electron chi connectivity index (χ2n) is 6.57. The first-order valence-corrected chi connectivity index (χ1v) is 7.39. The third-order valence-corrected chi connectivity index (χ3v) is 4.53. The summed E-state index contributed by atoms with van der Waals surface area (Å²) >= 11 is 0. The number of aryl methyl sites for hydroxylation is 1. The average Bonchev–Trinajstić information content (AvgIpc) is 2.80. The second kappa shape index (κ2) is 5.62. The average molecular weight is 264 g/mol. The molecule has 0 aliphatic heterocycles. The number of halogens is 1. The lowest BCUT2D eigenvalue weighted by Gasteiger charge is -2.37. The lowest BCUT2D eigenvalue weighted by atomic mass is 9.71. The molecule has 0 radical (unpaired) electrons. The highest BCUT2D eigenvalue weighted by Crippen LogP contribution is 2.52. The monoisotopic (exact) mass is 264 g/mol. The standard InChI is InChI=1S/C17H25FO/c1-12(2)11-17(8-4-5-9-17)16(19)15-10-14(18)7-6-13(15)3/h6-7,10,12,16,19H,4-5,8-9,11H2,1-3H3. The van der Waals surface area contributed by atoms with E-state index in [-0.39, 0.29) is 11.2 Å². The molecule has 1 unspecified atom stereocenters. The van der Waals surface area contributed by atoms with Gasteiger partial charge in [-0.3, -0.25) is 0 Å². The van der Waals surface area contributed by atoms with Crippen LogP contribution in [0.4, 0.5) is 4.39 Å². The summed E-state index contributed by atoms with van der Waals surface area (Å²) in [5, 5.41) is 10.9. The quantitative estimate of drug-likeness (QED) is 0.830. The normalized spacial score (nSPS) is 19.9. The van der Waals surface area contributed by atoms with Crippen molar-refractivity contribution in [3.63, 3.8) is 0 Å². The maximum atomic E-state index is 13.5. The first kappa shape index (κ1) is 14.5. The maximum Gasteiger partial charge on any atom is 0.123 e. The molecule has 0 bridgehead atoms. The van der Waals surface area contributed by atoms with Gasteiger partial charge >= 0.3 is 0 Å². The first-order valence-electron chi connectivity index (χ1n) is 7.39. The molecule has 1 nitrogen and oxygen atoms in total. The van der Waals surface area contributed by atoms with Crippen LogP contribution < -0.4 is 0 Å². The maximum absolute atomic E-state index is 13.5. The number of rotatable bonds is 4. The van der Waals surface area contributed by atoms with Crippen molar-refractivity contribution in [3.8, 4) is 0 Å². The summed E-state index contributed by atoms with van der Waals surface area (Å²) in [6.07, 6.45) is 4.96. The molecule has 1 aromatic rings. The Morgan fingerprint density at radius 2 is 1.89 bits per heavy atom. The molecule has 1 aliphatic carbocycles. The smallest absolute Gasteiger partial charge is 0.123 e. The van der Waals surface area contributed by atoms with Crippen molar-refractivity contribution in [2.24, 2.45) is 11.3 Å². The third-order valence-electron chi connectivity index (χ3n) is 4.53. The van der Waals surface area contributed by atoms with Crippen LogP contribution in [-0.2, 0) is 0 Å². The van der Waals surface area contributed by atoms with Crippen LogP contribution >= 0.6 is 0 Å². The van der Waals surface area contributed by atoms with Crippen molar-refractivity contribution in [1.82, 2.24) is 0 Å². The van der Waals surface area contributed by atoms with Crippen molar-refractivity contribution in [3.05, 3.63) is 35.1 Å². The van der Waals surface area contributed by atoms with Gasteiger partial charge in [0.2, 0.25) is 0 Å². The third kappa shape index (κ3) is 3.00. The van der Waals surface area contributed by atoms with Gasteiger partial charge in [-0.15, -0.1) is 0 Å². The molecule has 0 amide bonds. The van der Waals surface area contributed by atoms with Crippen LogP contribution in [0.1, 0.15) is 63.2 Å². The Bertz CT molecular complexity index is 433. The summed E-state index contributed by atoms with van der Waals surface area (Å²) in [6.45, 7) is 6.35. The van der Waals surface area contributed by atoms with Crippen LogP contribution in [-0.4, -0.2) is 5.11 Å². The molecular formula is C17H25FO. The van der Waals surface area contributed by atoms with E-state index in [1.54, 1.807) is 6.07 Å². The van der Waals surface area contributed by atoms with Crippen LogP contribution in [0.5, 0.6) is 0 Å². The van der Waals surface area contributed by atoms with E-state index in [1.807, 2.05) is 6.92 Å². The van der Waals surface area contributed by atoms with Crippen molar-refractivity contribution < 1.29 is 9.50 Å². The Kier molecular flexibility index (Phi) is 4.29. The highest BCUT2D eigenvalue weighted by atomic mass is 19.1. The van der Waals surface area contributed by atoms with E-state index in [0.29, 0.717) is 5.92 Å². The van der Waals surface area contributed by atoms with Crippen molar-refractivity contribution in [1.29, 1.82) is 0 Å². The molecule has 1 aromatic carbocycles. The van der Waals surface area contributed by atoms with Gasteiger partial charge in [-0.25, -0.2) is 4.39 Å². The fraction of sp³-hybridized carbons (Fsp3) is 0.647. The lowest BCUT2D eigenvalue weighted by Crippen LogP contribution is -2.28. The number of aliphatic hydroxyl groups is 1. The lowest BCUT2D eigenvalue weighted by molar-refractivity contribution is 0.0106. The number of hydrogen-bond donors (Lipinski definition) is 1. The summed E-state index contributed by atoms with van der Waals surface area (Å²) < 4.78 is 13.5. The van der Waals surface area contributed by atoms with E-state index in [9.17, 15) is 9.50 Å². The Morgan fingerprint density at radius 3 is 2.47 bits per heavy atom. The minimum absolute atomic E-state index is 0.0489. The Labute approximate surface area is 115 Å². The Morgan fingerprint density at radius 1 is 1.26 bits per heavy atom. The molecule has 1 aliphatic rings. The molecule has 0 saturated heterocycles. The topological polar surface area (TPSA) is 20.2 Å². The molecule has 2 heteroatoms. The van der Waals surface area contributed by atoms with Gasteiger partial charge in [-0.2, -0.15) is 0 Å². The molecular weight excluding hydrogens is 239 g/mol. The van der Waals surface area contributed by atoms with Gasteiger partial charge < -0.3 is 5.11 Å². The van der Waals surface area contributed by atoms with E-state index in [0.717, 1.165) is 30.4 Å². The fourth-order valence-electron chi connectivity index (χ4n) is 3.72. The predicted octanol–water partition coefficient (Wildman–Crippen LogP) is 4.77. The SMILES string of the molecule is Cc1ccc(F)cc1C(O)C1(CC(C)C)CCCC1. The van der Waals surface area contributed by atoms with E-state index in [4.69, 9.17) is 0 Å². The van der Waals surface area contributed by atoms with Crippen molar-refractivity contribution in [2.75, 3.05) is 0 Å². The minimum Gasteiger partial charge on any atom is -0.388 e. The summed E-state index contributed by atoms with van der Waals surface area (Å²) in [5.74, 6) is 0.305. The minimum atomic E-state index is -0.534. The number of hydrogen-bond acceptors (Lipinski definition) is 1. The largest absolute Gasteiger partial charge is 0.388 e. The van der Waals surface area contributed by atoms with Gasteiger partial charge in [0, 0.05) is 5.41 Å². The molecule has 1 N–H and O–H groups in total. The highest BCUT2D eigenvalue weighted by molar-refractivity contribution is 5.30. The molecule has 19 heavy (non-hydrogen) atoms. The highest BCUT2D eigenvalue weighted by Gasteiger charge is 2.42. The molecule has 0 heterocycles. The van der Waals surface area contributed by atoms with Gasteiger partial charge in [0.25, 0.3) is 0 Å². The molecule has 2 rings (SSSR count). The van der Waals surface area contributed by atoms with Gasteiger partial charge in [-0.1, -0.05) is 32.8 Å². The predicted molar refractivity (Wildman–Crippen MR) is 76.5 cm³/mol. The van der Waals surface area contributed by atoms with Crippen LogP contribution in [0.2, 0.25) is 0 Å². The Balaban J connectivity index is 2.33. The summed E-state index contributed by atoms with van der Waals surface area (Å²) in [4.78, 5) is 0. The summed E-state index contributed by atoms with van der Waals surface area (Å²) in [6, 6.07) is 4.75. The van der Waals surface area contributed by atoms with Gasteiger partial charge in [-0.05, 0) is 55.4 Å². The first-order chi connectivity index (χ1) is 8.94. The zero-order chi connectivity index (χ0) is 14.0. The summed E-state index contributed by atoms with van der Waals surface area (Å²) in [7, 11) is 0. The van der Waals surface area contributed by atoms with E-state index in [1.165, 1.54) is 25.0 Å². The van der Waals surface area contributed by atoms with E-state index in [2.05, 4.69) is 13.8 Å². The van der Waals surface area contributed by atoms with Crippen LogP contribution in [0.25, 0.3) is 0 Å². The molecule has 1 saturated carbocycles. The van der Waals surface area contributed by atoms with Crippen LogP contribution in [0.3, 0.4) is 0 Å². The summed E-state index contributed by atoms with van der Waals surface area (Å²) in [5.41, 5.74) is 1.72. The molecule has 106 valence electrons. The molecule has 0 spiro atoms. The van der Waals surface area contributed by atoms with Crippen molar-refractivity contribution in [2.45, 2.75) is 59.0 Å². The Hall–Kier alpha value is -0.890. The van der Waals surface area contributed by atoms with Crippen LogP contribution in [0.15, 0.2) is 18.2 Å². The van der Waals surface area contributed by atoms with Crippen molar-refractivity contribution >= 4 is 0 Å². The van der Waals surface area contributed by atoms with Gasteiger partial charge in [0.05, 0.1) is 6.10 Å². The zero-order valence-corrected chi connectivity index (χ0v) is 12.2.